The van der Waals surface area contributed by atoms with Gasteiger partial charge in [-0.15, -0.1) is 0 Å². The molecular weight excluding hydrogens is 280 g/mol. The predicted molar refractivity (Wildman–Crippen MR) is 76.7 cm³/mol. The van der Waals surface area contributed by atoms with Gasteiger partial charge in [-0.3, -0.25) is 0 Å². The Hall–Kier alpha value is -0.840. The molecule has 1 aromatic rings. The normalized spacial score (nSPS) is 10.7. The van der Waals surface area contributed by atoms with Gasteiger partial charge in [0.15, 0.2) is 0 Å². The van der Waals surface area contributed by atoms with E-state index in [2.05, 4.69) is 57.0 Å². The summed E-state index contributed by atoms with van der Waals surface area (Å²) >= 11 is 3.51. The molecule has 0 saturated carbocycles. The minimum Gasteiger partial charge on any atom is -0.356 e. The van der Waals surface area contributed by atoms with Crippen molar-refractivity contribution in [2.45, 2.75) is 39.7 Å². The quantitative estimate of drug-likeness (QED) is 0.875. The van der Waals surface area contributed by atoms with Crippen molar-refractivity contribution in [3.63, 3.8) is 0 Å². The van der Waals surface area contributed by atoms with E-state index in [-0.39, 0.29) is 0 Å². The third-order valence-electron chi connectivity index (χ3n) is 2.88. The maximum atomic E-state index is 4.54. The number of halogens is 1. The van der Waals surface area contributed by atoms with Gasteiger partial charge in [0.25, 0.3) is 0 Å². The molecule has 0 saturated heterocycles. The fourth-order valence-electron chi connectivity index (χ4n) is 1.86. The number of nitrogens with one attached hydrogen (secondary N) is 1. The Kier molecular flexibility index (Phi) is 5.68. The van der Waals surface area contributed by atoms with Gasteiger partial charge in [-0.25, -0.2) is 4.98 Å². The summed E-state index contributed by atoms with van der Waals surface area (Å²) in [5.41, 5.74) is 0. The molecule has 0 amide bonds. The number of hydrogen-bond acceptors (Lipinski definition) is 4. The molecule has 0 radical (unpaired) electrons. The summed E-state index contributed by atoms with van der Waals surface area (Å²) < 4.78 is 0.938. The van der Waals surface area contributed by atoms with E-state index in [9.17, 15) is 0 Å². The molecule has 17 heavy (non-hydrogen) atoms. The number of hydrogen-bond donors (Lipinski definition) is 1. The highest BCUT2D eigenvalue weighted by molar-refractivity contribution is 9.10. The largest absolute Gasteiger partial charge is 0.356 e. The number of aromatic nitrogens is 2. The molecule has 1 N–H and O–H groups in total. The van der Waals surface area contributed by atoms with Crippen molar-refractivity contribution in [2.75, 3.05) is 23.8 Å². The average Bonchev–Trinajstić information content (AvgIpc) is 2.33. The second-order valence-electron chi connectivity index (χ2n) is 3.98. The van der Waals surface area contributed by atoms with Gasteiger partial charge in [-0.05, 0) is 35.7 Å². The van der Waals surface area contributed by atoms with Gasteiger partial charge in [0.05, 0.1) is 4.47 Å². The highest BCUT2D eigenvalue weighted by atomic mass is 79.9. The van der Waals surface area contributed by atoms with Crippen molar-refractivity contribution in [3.05, 3.63) is 10.7 Å². The van der Waals surface area contributed by atoms with E-state index < -0.39 is 0 Å². The van der Waals surface area contributed by atoms with E-state index in [1.165, 1.54) is 0 Å². The van der Waals surface area contributed by atoms with Crippen LogP contribution in [-0.4, -0.2) is 29.6 Å². The number of nitrogens with zero attached hydrogens (tertiary/aromatic N) is 3. The maximum Gasteiger partial charge on any atom is 0.224 e. The highest BCUT2D eigenvalue weighted by Crippen LogP contribution is 2.26. The first-order valence-electron chi connectivity index (χ1n) is 6.13. The van der Waals surface area contributed by atoms with Gasteiger partial charge in [0.1, 0.15) is 5.82 Å². The minimum absolute atomic E-state index is 0.510. The Labute approximate surface area is 112 Å². The smallest absolute Gasteiger partial charge is 0.224 e. The zero-order valence-electron chi connectivity index (χ0n) is 11.0. The van der Waals surface area contributed by atoms with Gasteiger partial charge in [0.2, 0.25) is 5.95 Å². The average molecular weight is 301 g/mol. The van der Waals surface area contributed by atoms with Gasteiger partial charge in [-0.2, -0.15) is 4.98 Å². The van der Waals surface area contributed by atoms with E-state index in [1.807, 2.05) is 6.92 Å². The Morgan fingerprint density at radius 1 is 1.35 bits per heavy atom. The van der Waals surface area contributed by atoms with Gasteiger partial charge < -0.3 is 10.2 Å². The van der Waals surface area contributed by atoms with Crippen LogP contribution in [0.25, 0.3) is 0 Å². The monoisotopic (exact) mass is 300 g/mol. The van der Waals surface area contributed by atoms with Crippen molar-refractivity contribution in [3.8, 4) is 0 Å². The second-order valence-corrected chi connectivity index (χ2v) is 4.83. The molecule has 0 aliphatic heterocycles. The lowest BCUT2D eigenvalue weighted by Crippen LogP contribution is -2.31. The van der Waals surface area contributed by atoms with Crippen LogP contribution in [0.3, 0.4) is 0 Å². The number of anilines is 2. The van der Waals surface area contributed by atoms with Crippen LogP contribution in [0.1, 0.15) is 33.6 Å². The summed E-state index contributed by atoms with van der Waals surface area (Å²) in [6.07, 6.45) is 4.03. The minimum atomic E-state index is 0.510. The summed E-state index contributed by atoms with van der Waals surface area (Å²) in [4.78, 5) is 11.0. The maximum absolute atomic E-state index is 4.54. The zero-order chi connectivity index (χ0) is 12.8. The molecule has 0 fully saturated rings. The molecule has 0 aliphatic rings. The van der Waals surface area contributed by atoms with Crippen molar-refractivity contribution < 1.29 is 0 Å². The lowest BCUT2D eigenvalue weighted by atomic mass is 10.1. The van der Waals surface area contributed by atoms with Crippen molar-refractivity contribution in [1.29, 1.82) is 0 Å². The Morgan fingerprint density at radius 2 is 2.00 bits per heavy atom. The topological polar surface area (TPSA) is 41.1 Å². The predicted octanol–water partition coefficient (Wildman–Crippen LogP) is 3.30. The summed E-state index contributed by atoms with van der Waals surface area (Å²) in [5, 5.41) is 3.14. The fourth-order valence-corrected chi connectivity index (χ4v) is 2.33. The van der Waals surface area contributed by atoms with E-state index in [4.69, 9.17) is 0 Å². The molecule has 4 nitrogen and oxygen atoms in total. The molecule has 1 heterocycles. The molecule has 0 unspecified atom stereocenters. The molecule has 0 spiro atoms. The van der Waals surface area contributed by atoms with Gasteiger partial charge in [0, 0.05) is 25.8 Å². The van der Waals surface area contributed by atoms with Crippen molar-refractivity contribution in [2.24, 2.45) is 0 Å². The van der Waals surface area contributed by atoms with Crippen LogP contribution in [0.15, 0.2) is 10.7 Å². The van der Waals surface area contributed by atoms with Crippen LogP contribution in [0.4, 0.5) is 11.8 Å². The van der Waals surface area contributed by atoms with Crippen molar-refractivity contribution in [1.82, 2.24) is 9.97 Å². The first kappa shape index (κ1) is 14.2. The first-order chi connectivity index (χ1) is 8.13. The van der Waals surface area contributed by atoms with E-state index in [0.717, 1.165) is 29.7 Å². The molecular formula is C12H21BrN4. The van der Waals surface area contributed by atoms with E-state index in [1.54, 1.807) is 6.20 Å². The molecule has 0 bridgehead atoms. The molecule has 0 atom stereocenters. The fraction of sp³-hybridized carbons (Fsp3) is 0.667. The lowest BCUT2D eigenvalue weighted by Gasteiger charge is -2.28. The molecule has 5 heteroatoms. The summed E-state index contributed by atoms with van der Waals surface area (Å²) in [5.74, 6) is 1.63. The molecule has 0 aromatic carbocycles. The molecule has 1 rings (SSSR count). The first-order valence-corrected chi connectivity index (χ1v) is 6.92. The third-order valence-corrected chi connectivity index (χ3v) is 3.44. The van der Waals surface area contributed by atoms with Crippen LogP contribution in [0.2, 0.25) is 0 Å². The zero-order valence-corrected chi connectivity index (χ0v) is 12.6. The third kappa shape index (κ3) is 3.56. The van der Waals surface area contributed by atoms with Crippen LogP contribution in [-0.2, 0) is 0 Å². The van der Waals surface area contributed by atoms with E-state index >= 15 is 0 Å². The SMILES string of the molecule is CCNc1ncc(Br)c(N(C)C(CC)CC)n1. The number of rotatable bonds is 6. The summed E-state index contributed by atoms with van der Waals surface area (Å²) in [6.45, 7) is 7.27. The van der Waals surface area contributed by atoms with Gasteiger partial charge >= 0.3 is 0 Å². The van der Waals surface area contributed by atoms with Crippen LogP contribution >= 0.6 is 15.9 Å². The van der Waals surface area contributed by atoms with E-state index in [0.29, 0.717) is 12.0 Å². The summed E-state index contributed by atoms with van der Waals surface area (Å²) in [7, 11) is 2.08. The van der Waals surface area contributed by atoms with Crippen LogP contribution < -0.4 is 10.2 Å². The highest BCUT2D eigenvalue weighted by Gasteiger charge is 2.16. The van der Waals surface area contributed by atoms with Crippen LogP contribution in [0.5, 0.6) is 0 Å². The van der Waals surface area contributed by atoms with Crippen molar-refractivity contribution >= 4 is 27.7 Å². The van der Waals surface area contributed by atoms with Crippen LogP contribution in [0, 0.1) is 0 Å². The second kappa shape index (κ2) is 6.79. The summed E-state index contributed by atoms with van der Waals surface area (Å²) in [6, 6.07) is 0.510. The Morgan fingerprint density at radius 3 is 2.53 bits per heavy atom. The molecule has 96 valence electrons. The molecule has 0 aliphatic carbocycles. The Balaban J connectivity index is 2.98. The van der Waals surface area contributed by atoms with Gasteiger partial charge in [-0.1, -0.05) is 13.8 Å². The lowest BCUT2D eigenvalue weighted by molar-refractivity contribution is 0.585. The standard InChI is InChI=1S/C12H21BrN4/c1-5-9(6-2)17(4)11-10(13)8-15-12(16-11)14-7-3/h8-9H,5-7H2,1-4H3,(H,14,15,16). The Bertz CT molecular complexity index is 352. The molecule has 1 aromatic heterocycles.